The number of nitrogens with zero attached hydrogens (tertiary/aromatic N) is 2. The Balaban J connectivity index is 1.70. The molecule has 1 amide bonds. The van der Waals surface area contributed by atoms with Crippen LogP contribution >= 0.6 is 0 Å². The average Bonchev–Trinajstić information content (AvgIpc) is 3.08. The smallest absolute Gasteiger partial charge is 0.243 e. The topological polar surface area (TPSA) is 83.7 Å². The molecule has 2 aliphatic rings. The third-order valence-corrected chi connectivity index (χ3v) is 6.93. The van der Waals surface area contributed by atoms with Gasteiger partial charge in [0, 0.05) is 38.6 Å². The molecule has 1 fully saturated rings. The molecule has 1 aromatic rings. The standard InChI is InChI=1S/C17H25N3O3S/c1-13(12-18)17(21)19-7-9-20(10-8-19)24(22,23)16-6-5-14-3-2-4-15(14)11-16/h5-6,11,13H,2-4,7-10,12,18H2,1H3. The number of hydrogen-bond acceptors (Lipinski definition) is 4. The van der Waals surface area contributed by atoms with Gasteiger partial charge in [-0.05, 0) is 42.5 Å². The van der Waals surface area contributed by atoms with Crippen molar-refractivity contribution < 1.29 is 13.2 Å². The predicted octanol–water partition coefficient (Wildman–Crippen LogP) is 0.603. The van der Waals surface area contributed by atoms with Crippen molar-refractivity contribution >= 4 is 15.9 Å². The second-order valence-electron chi connectivity index (χ2n) is 6.65. The average molecular weight is 351 g/mol. The van der Waals surface area contributed by atoms with E-state index in [0.29, 0.717) is 37.6 Å². The lowest BCUT2D eigenvalue weighted by Crippen LogP contribution is -2.52. The zero-order valence-corrected chi connectivity index (χ0v) is 14.9. The third kappa shape index (κ3) is 3.20. The molecule has 7 heteroatoms. The number of carbonyl (C=O) groups excluding carboxylic acids is 1. The van der Waals surface area contributed by atoms with Crippen LogP contribution in [0, 0.1) is 5.92 Å². The van der Waals surface area contributed by atoms with Crippen LogP contribution in [0.1, 0.15) is 24.5 Å². The van der Waals surface area contributed by atoms with Crippen molar-refractivity contribution in [2.45, 2.75) is 31.1 Å². The minimum atomic E-state index is -3.49. The Hall–Kier alpha value is -1.44. The van der Waals surface area contributed by atoms with Gasteiger partial charge in [0.05, 0.1) is 4.90 Å². The van der Waals surface area contributed by atoms with Gasteiger partial charge in [-0.1, -0.05) is 13.0 Å². The summed E-state index contributed by atoms with van der Waals surface area (Å²) < 4.78 is 27.2. The Morgan fingerprint density at radius 2 is 1.83 bits per heavy atom. The van der Waals surface area contributed by atoms with Gasteiger partial charge in [0.1, 0.15) is 0 Å². The molecule has 0 aromatic heterocycles. The van der Waals surface area contributed by atoms with Gasteiger partial charge in [-0.2, -0.15) is 4.31 Å². The van der Waals surface area contributed by atoms with E-state index in [4.69, 9.17) is 5.73 Å². The van der Waals surface area contributed by atoms with E-state index in [1.807, 2.05) is 12.1 Å². The molecule has 1 unspecified atom stereocenters. The Morgan fingerprint density at radius 3 is 2.50 bits per heavy atom. The van der Waals surface area contributed by atoms with E-state index in [9.17, 15) is 13.2 Å². The summed E-state index contributed by atoms with van der Waals surface area (Å²) in [5, 5.41) is 0. The molecule has 1 aliphatic carbocycles. The number of piperazine rings is 1. The van der Waals surface area contributed by atoms with Crippen LogP contribution in [0.4, 0.5) is 0 Å². The molecule has 0 radical (unpaired) electrons. The van der Waals surface area contributed by atoms with Gasteiger partial charge in [0.25, 0.3) is 0 Å². The first kappa shape index (κ1) is 17.4. The van der Waals surface area contributed by atoms with E-state index in [2.05, 4.69) is 0 Å². The minimum Gasteiger partial charge on any atom is -0.340 e. The maximum atomic E-state index is 12.9. The van der Waals surface area contributed by atoms with Gasteiger partial charge in [-0.15, -0.1) is 0 Å². The second kappa shape index (κ2) is 6.82. The first-order valence-electron chi connectivity index (χ1n) is 8.54. The Morgan fingerprint density at radius 1 is 1.17 bits per heavy atom. The molecule has 0 bridgehead atoms. The Kier molecular flexibility index (Phi) is 4.94. The zero-order chi connectivity index (χ0) is 17.3. The van der Waals surface area contributed by atoms with E-state index in [1.165, 1.54) is 9.87 Å². The highest BCUT2D eigenvalue weighted by atomic mass is 32.2. The molecule has 0 spiro atoms. The monoisotopic (exact) mass is 351 g/mol. The molecule has 1 aromatic carbocycles. The number of aryl methyl sites for hydroxylation is 2. The highest BCUT2D eigenvalue weighted by molar-refractivity contribution is 7.89. The van der Waals surface area contributed by atoms with Crippen molar-refractivity contribution in [2.24, 2.45) is 11.7 Å². The lowest BCUT2D eigenvalue weighted by atomic mass is 10.1. The fourth-order valence-corrected chi connectivity index (χ4v) is 4.89. The summed E-state index contributed by atoms with van der Waals surface area (Å²) >= 11 is 0. The summed E-state index contributed by atoms with van der Waals surface area (Å²) in [6.45, 7) is 3.63. The number of amides is 1. The molecule has 6 nitrogen and oxygen atoms in total. The van der Waals surface area contributed by atoms with Crippen molar-refractivity contribution in [1.82, 2.24) is 9.21 Å². The highest BCUT2D eigenvalue weighted by Crippen LogP contribution is 2.26. The van der Waals surface area contributed by atoms with Gasteiger partial charge >= 0.3 is 0 Å². The van der Waals surface area contributed by atoms with E-state index in [0.717, 1.165) is 24.8 Å². The second-order valence-corrected chi connectivity index (χ2v) is 8.59. The number of sulfonamides is 1. The number of hydrogen-bond donors (Lipinski definition) is 1. The first-order chi connectivity index (χ1) is 11.4. The van der Waals surface area contributed by atoms with E-state index < -0.39 is 10.0 Å². The summed E-state index contributed by atoms with van der Waals surface area (Å²) in [7, 11) is -3.49. The lowest BCUT2D eigenvalue weighted by molar-refractivity contribution is -0.135. The van der Waals surface area contributed by atoms with Gasteiger partial charge in [0.15, 0.2) is 0 Å². The van der Waals surface area contributed by atoms with Gasteiger partial charge in [0.2, 0.25) is 15.9 Å². The molecule has 24 heavy (non-hydrogen) atoms. The summed E-state index contributed by atoms with van der Waals surface area (Å²) in [6.07, 6.45) is 3.09. The Labute approximate surface area is 143 Å². The SMILES string of the molecule is CC(CN)C(=O)N1CCN(S(=O)(=O)c2ccc3c(c2)CCC3)CC1. The van der Waals surface area contributed by atoms with Crippen LogP contribution in [-0.4, -0.2) is 56.3 Å². The summed E-state index contributed by atoms with van der Waals surface area (Å²) in [6, 6.07) is 5.48. The summed E-state index contributed by atoms with van der Waals surface area (Å²) in [4.78, 5) is 14.2. The van der Waals surface area contributed by atoms with E-state index in [1.54, 1.807) is 17.9 Å². The third-order valence-electron chi connectivity index (χ3n) is 5.03. The van der Waals surface area contributed by atoms with E-state index >= 15 is 0 Å². The quantitative estimate of drug-likeness (QED) is 0.861. The first-order valence-corrected chi connectivity index (χ1v) is 9.98. The molecule has 3 rings (SSSR count). The predicted molar refractivity (Wildman–Crippen MR) is 92.0 cm³/mol. The highest BCUT2D eigenvalue weighted by Gasteiger charge is 2.31. The van der Waals surface area contributed by atoms with Crippen LogP contribution in [0.2, 0.25) is 0 Å². The minimum absolute atomic E-state index is 0.00655. The number of benzene rings is 1. The van der Waals surface area contributed by atoms with Crippen LogP contribution in [0.15, 0.2) is 23.1 Å². The molecular weight excluding hydrogens is 326 g/mol. The molecule has 1 aliphatic heterocycles. The van der Waals surface area contributed by atoms with Crippen molar-refractivity contribution in [1.29, 1.82) is 0 Å². The van der Waals surface area contributed by atoms with E-state index in [-0.39, 0.29) is 11.8 Å². The number of rotatable bonds is 4. The zero-order valence-electron chi connectivity index (χ0n) is 14.1. The normalized spacial score (nSPS) is 20.0. The van der Waals surface area contributed by atoms with Crippen LogP contribution in [0.5, 0.6) is 0 Å². The number of fused-ring (bicyclic) bond motifs is 1. The van der Waals surface area contributed by atoms with Crippen molar-refractivity contribution in [2.75, 3.05) is 32.7 Å². The largest absolute Gasteiger partial charge is 0.340 e. The van der Waals surface area contributed by atoms with Crippen LogP contribution in [0.3, 0.4) is 0 Å². The Bertz CT molecular complexity index is 725. The van der Waals surface area contributed by atoms with Crippen molar-refractivity contribution in [3.63, 3.8) is 0 Å². The van der Waals surface area contributed by atoms with Crippen molar-refractivity contribution in [3.05, 3.63) is 29.3 Å². The van der Waals surface area contributed by atoms with Crippen LogP contribution in [-0.2, 0) is 27.7 Å². The molecule has 2 N–H and O–H groups in total. The molecule has 1 atom stereocenters. The lowest BCUT2D eigenvalue weighted by Gasteiger charge is -2.35. The summed E-state index contributed by atoms with van der Waals surface area (Å²) in [5.74, 6) is -0.211. The fourth-order valence-electron chi connectivity index (χ4n) is 3.42. The van der Waals surface area contributed by atoms with Gasteiger partial charge < -0.3 is 10.6 Å². The fraction of sp³-hybridized carbons (Fsp3) is 0.588. The maximum absolute atomic E-state index is 12.9. The molecule has 1 heterocycles. The van der Waals surface area contributed by atoms with Gasteiger partial charge in [-0.3, -0.25) is 4.79 Å². The molecule has 1 saturated heterocycles. The van der Waals surface area contributed by atoms with Crippen LogP contribution < -0.4 is 5.73 Å². The number of carbonyl (C=O) groups is 1. The maximum Gasteiger partial charge on any atom is 0.243 e. The van der Waals surface area contributed by atoms with Crippen molar-refractivity contribution in [3.8, 4) is 0 Å². The van der Waals surface area contributed by atoms with Crippen LogP contribution in [0.25, 0.3) is 0 Å². The molecule has 132 valence electrons. The molecular formula is C17H25N3O3S. The van der Waals surface area contributed by atoms with Gasteiger partial charge in [-0.25, -0.2) is 8.42 Å². The number of nitrogens with two attached hydrogens (primary N) is 1. The molecule has 0 saturated carbocycles. The summed E-state index contributed by atoms with van der Waals surface area (Å²) in [5.41, 5.74) is 7.96.